The minimum absolute atomic E-state index is 0.0524. The molecule has 1 unspecified atom stereocenters. The monoisotopic (exact) mass is 1390 g/mol. The molecule has 3 saturated heterocycles. The lowest BCUT2D eigenvalue weighted by atomic mass is 9.79. The average Bonchev–Trinajstić information content (AvgIpc) is 1.59. The van der Waals surface area contributed by atoms with E-state index in [0.717, 1.165) is 23.5 Å². The van der Waals surface area contributed by atoms with Crippen molar-refractivity contribution >= 4 is 127 Å². The molecule has 6 amide bonds. The van der Waals surface area contributed by atoms with Crippen LogP contribution in [0.3, 0.4) is 0 Å². The Morgan fingerprint density at radius 1 is 0.811 bits per heavy atom. The number of guanidine groups is 1. The number of rotatable bonds is 18. The molecule has 5 aliphatic heterocycles. The van der Waals surface area contributed by atoms with Crippen molar-refractivity contribution < 1.29 is 81.5 Å². The minimum atomic E-state index is -4.56. The van der Waals surface area contributed by atoms with E-state index >= 15 is 0 Å². The molecule has 0 aromatic heterocycles. The second kappa shape index (κ2) is 31.6. The van der Waals surface area contributed by atoms with Crippen molar-refractivity contribution in [3.8, 4) is 0 Å². The maximum absolute atomic E-state index is 14.7. The quantitative estimate of drug-likeness (QED) is 0.0131. The summed E-state index contributed by atoms with van der Waals surface area (Å²) < 4.78 is 88.4. The maximum Gasteiger partial charge on any atom is 0.425 e. The number of piperidine rings is 1. The van der Waals surface area contributed by atoms with Crippen molar-refractivity contribution in [1.29, 1.82) is 0 Å². The second-order valence-electron chi connectivity index (χ2n) is 24.4. The van der Waals surface area contributed by atoms with E-state index in [9.17, 15) is 51.6 Å². The number of carbonyl (C=O) groups excluding carboxylic acids is 6. The van der Waals surface area contributed by atoms with Crippen molar-refractivity contribution in [1.82, 2.24) is 36.6 Å². The highest BCUT2D eigenvalue weighted by Crippen LogP contribution is 2.51. The number of allylic oxidation sites excluding steroid dienone is 6. The summed E-state index contributed by atoms with van der Waals surface area (Å²) in [5.74, 6) is -6.08. The van der Waals surface area contributed by atoms with E-state index in [0.29, 0.717) is 43.0 Å². The number of anilines is 1. The number of carbonyl (C=O) groups is 7. The van der Waals surface area contributed by atoms with Crippen LogP contribution in [0.4, 0.5) is 11.4 Å². The third kappa shape index (κ3) is 17.4. The third-order valence-corrected chi connectivity index (χ3v) is 18.9. The van der Waals surface area contributed by atoms with E-state index in [1.54, 1.807) is 12.1 Å². The summed E-state index contributed by atoms with van der Waals surface area (Å²) in [7, 11) is -8.56. The van der Waals surface area contributed by atoms with Crippen LogP contribution >= 0.6 is 9.39 Å². The predicted molar refractivity (Wildman–Crippen MR) is 355 cm³/mol. The molecule has 7 atom stereocenters. The minimum Gasteiger partial charge on any atom is -0.481 e. The summed E-state index contributed by atoms with van der Waals surface area (Å²) in [5, 5.41) is 29.2. The van der Waals surface area contributed by atoms with Crippen molar-refractivity contribution in [3.05, 3.63) is 113 Å². The van der Waals surface area contributed by atoms with Gasteiger partial charge in [-0.2, -0.15) is 13.0 Å². The van der Waals surface area contributed by atoms with Gasteiger partial charge in [0.15, 0.2) is 11.7 Å². The van der Waals surface area contributed by atoms with Gasteiger partial charge in [-0.1, -0.05) is 68.5 Å². The zero-order valence-corrected chi connectivity index (χ0v) is 56.8. The Morgan fingerprint density at radius 2 is 1.48 bits per heavy atom. The number of aryl methyl sites for hydroxylation is 1. The number of hydrogen-bond acceptors (Lipinski definition) is 17. The van der Waals surface area contributed by atoms with Crippen molar-refractivity contribution in [2.45, 2.75) is 145 Å². The molecule has 28 nitrogen and oxygen atoms in total. The van der Waals surface area contributed by atoms with Crippen LogP contribution in [0.25, 0.3) is 21.5 Å². The van der Waals surface area contributed by atoms with Crippen molar-refractivity contribution in [3.63, 3.8) is 0 Å². The molecule has 10 N–H and O–H groups in total. The number of nitrogens with one attached hydrogen (secondary N) is 6. The van der Waals surface area contributed by atoms with Gasteiger partial charge in [-0.05, 0) is 127 Å². The standard InChI is InChI=1S/C63H78N11O11PS.2O3S/c1-7-72-45-28-25-39-36(2)16-13-17-41(39)54(45)62(3,4)49(72)21-9-8-10-22-50-63(5,6)55-42-18-14-20-48(87(83,84)85)40(42)26-29-46(55)73(50)31-12-11-23-51(75)66-34-37-32-38-24-27-47-59(81)69-43(19-15-30-65-61(64)71-86)57(79)67-35-52(76)68-44(33-53(77)78)58(80)70-56(37)60(82)74(38)47;2*1-4(2)3/h8-10,13-14,16-18,20-22,25-26,28-29,37-38,43-44,47,56H,7,11-12,15,19,23-24,27,30-35,86H2,1-6H3,(H9-,64,65,66,67,68,69,70,71,75,76,77,78,79,80,81,83,84,85);;/p+1/t37-,38-,43-,44-,47-,56+;;/m0../s1. The van der Waals surface area contributed by atoms with E-state index in [2.05, 4.69) is 146 Å². The second-order valence-corrected chi connectivity index (χ2v) is 26.9. The van der Waals surface area contributed by atoms with E-state index < -0.39 is 121 Å². The summed E-state index contributed by atoms with van der Waals surface area (Å²) in [6, 6.07) is 13.7. The fourth-order valence-corrected chi connectivity index (χ4v) is 14.4. The van der Waals surface area contributed by atoms with E-state index in [-0.39, 0.29) is 61.0 Å². The molecular weight excluding hydrogens is 1310 g/mol. The first-order chi connectivity index (χ1) is 44.8. The summed E-state index contributed by atoms with van der Waals surface area (Å²) in [5.41, 5.74) is 12.4. The lowest BCUT2D eigenvalue weighted by molar-refractivity contribution is -0.438. The predicted octanol–water partition coefficient (Wildman–Crippen LogP) is 2.93. The van der Waals surface area contributed by atoms with Crippen LogP contribution < -0.4 is 42.3 Å². The van der Waals surface area contributed by atoms with Crippen LogP contribution in [0.5, 0.6) is 0 Å². The summed E-state index contributed by atoms with van der Waals surface area (Å²) in [6.07, 6.45) is 11.8. The SMILES string of the molecule is CCN1C(=CC=CC=CC2=[N+](CCCCC(=O)NC[C@@H]3C[C@@H]4CC[C@H]5C(=O)N[C@@H](CCCN=C(N)NP)C(=O)NCC(=O)N[C@@H](CC(=O)O)C(=O)N[C@H]3C(=O)N45)c3ccc4c(S(=O)(=O)O)cccc4c3C2(C)C)C(C)(C)c2c1ccc1c(C)cccc21.O=S(=O)=O.O=S(=O)=O. The van der Waals surface area contributed by atoms with Crippen molar-refractivity contribution in [2.75, 3.05) is 37.6 Å². The number of aliphatic carboxylic acids is 1. The van der Waals surface area contributed by atoms with Gasteiger partial charge >= 0.3 is 27.2 Å². The van der Waals surface area contributed by atoms with Gasteiger partial charge in [-0.3, -0.25) is 43.1 Å². The number of carboxylic acids is 1. The van der Waals surface area contributed by atoms with Gasteiger partial charge in [0.2, 0.25) is 41.1 Å². The molecule has 4 aromatic carbocycles. The largest absolute Gasteiger partial charge is 0.481 e. The lowest BCUT2D eigenvalue weighted by Crippen LogP contribution is -2.65. The molecule has 95 heavy (non-hydrogen) atoms. The first-order valence-electron chi connectivity index (χ1n) is 30.7. The van der Waals surface area contributed by atoms with Gasteiger partial charge in [0.1, 0.15) is 35.6 Å². The van der Waals surface area contributed by atoms with Gasteiger partial charge in [0.05, 0.1) is 18.4 Å². The Hall–Kier alpha value is -8.77. The fourth-order valence-electron chi connectivity index (χ4n) is 13.6. The van der Waals surface area contributed by atoms with Crippen molar-refractivity contribution in [2.24, 2.45) is 16.6 Å². The number of aliphatic imine (C=N–C) groups is 1. The zero-order valence-electron chi connectivity index (χ0n) is 53.2. The van der Waals surface area contributed by atoms with Crippen LogP contribution in [0.15, 0.2) is 107 Å². The summed E-state index contributed by atoms with van der Waals surface area (Å²) >= 11 is 0. The Morgan fingerprint density at radius 3 is 2.15 bits per heavy atom. The number of likely N-dealkylation sites (N-methyl/N-ethyl adjacent to an activating group) is 1. The summed E-state index contributed by atoms with van der Waals surface area (Å²) in [6.45, 7) is 13.8. The molecule has 0 aliphatic carbocycles. The van der Waals surface area contributed by atoms with E-state index in [4.69, 9.17) is 31.0 Å². The molecule has 5 heterocycles. The Bertz CT molecular complexity index is 4190. The van der Waals surface area contributed by atoms with Crippen LogP contribution in [-0.2, 0) is 75.7 Å². The Balaban J connectivity index is 0.00000151. The van der Waals surface area contributed by atoms with Gasteiger partial charge in [0.25, 0.3) is 10.1 Å². The molecule has 3 fully saturated rings. The number of nitrogens with two attached hydrogens (primary N) is 1. The van der Waals surface area contributed by atoms with Crippen LogP contribution in [0.1, 0.15) is 109 Å². The van der Waals surface area contributed by atoms with Gasteiger partial charge < -0.3 is 52.3 Å². The number of fused-ring (bicyclic) bond motifs is 7. The number of carboxylic acid groups (broad SMARTS) is 1. The number of nitrogens with zero attached hydrogens (tertiary/aromatic N) is 4. The lowest BCUT2D eigenvalue weighted by Gasteiger charge is -2.42. The third-order valence-electron chi connectivity index (χ3n) is 17.7. The smallest absolute Gasteiger partial charge is 0.425 e. The molecule has 0 spiro atoms. The number of benzene rings is 4. The first kappa shape index (κ1) is 73.6. The molecule has 5 aliphatic rings. The number of unbranched alkanes of at least 4 members (excludes halogenated alkanes) is 1. The summed E-state index contributed by atoms with van der Waals surface area (Å²) in [4.78, 5) is 103. The van der Waals surface area contributed by atoms with Crippen LogP contribution in [0.2, 0.25) is 0 Å². The normalized spacial score (nSPS) is 22.1. The molecule has 0 saturated carbocycles. The Labute approximate surface area is 554 Å². The number of amides is 6. The van der Waals surface area contributed by atoms with Gasteiger partial charge in [-0.25, -0.2) is 0 Å². The highest BCUT2D eigenvalue weighted by molar-refractivity contribution is 7.86. The molecular formula is C63H79N11O17PS3+. The van der Waals surface area contributed by atoms with Gasteiger partial charge in [-0.15, -0.1) is 25.3 Å². The van der Waals surface area contributed by atoms with E-state index in [1.165, 1.54) is 44.3 Å². The molecule has 0 radical (unpaired) electrons. The van der Waals surface area contributed by atoms with Crippen LogP contribution in [-0.4, -0.2) is 169 Å². The molecule has 510 valence electrons. The van der Waals surface area contributed by atoms with E-state index in [1.807, 2.05) is 24.3 Å². The van der Waals surface area contributed by atoms with Crippen LogP contribution in [0, 0.1) is 12.8 Å². The maximum atomic E-state index is 14.7. The zero-order chi connectivity index (χ0) is 69.9. The fraction of sp³-hybridized carbons (Fsp3) is 0.444. The Kier molecular flexibility index (Phi) is 24.5. The highest BCUT2D eigenvalue weighted by atomic mass is 32.2. The molecule has 2 bridgehead atoms. The highest BCUT2D eigenvalue weighted by Gasteiger charge is 2.51. The topological polar surface area (TPSA) is 417 Å². The number of hydrogen-bond donors (Lipinski definition) is 9. The first-order valence-corrected chi connectivity index (χ1v) is 34.7. The average molecular weight is 1390 g/mol. The van der Waals surface area contributed by atoms with Gasteiger partial charge in [0, 0.05) is 84.3 Å². The molecule has 9 rings (SSSR count). The molecule has 32 heteroatoms. The molecule has 4 aromatic rings.